The molecule has 0 saturated heterocycles. The zero-order valence-corrected chi connectivity index (χ0v) is 31.8. The molecule has 13 heteroatoms. The van der Waals surface area contributed by atoms with Gasteiger partial charge in [0.15, 0.2) is 5.78 Å². The van der Waals surface area contributed by atoms with Gasteiger partial charge in [0.25, 0.3) is 7.37 Å². The molecule has 12 nitrogen and oxygen atoms in total. The summed E-state index contributed by atoms with van der Waals surface area (Å²) in [5.41, 5.74) is 2.06. The Morgan fingerprint density at radius 1 is 0.836 bits per heavy atom. The number of Topliss-reactive ketones (excluding diaryl/α,β-unsaturated/α-hetero) is 1. The number of alkyl carbamates (subject to hydrolysis) is 1. The van der Waals surface area contributed by atoms with Gasteiger partial charge in [-0.25, -0.2) is 4.79 Å². The van der Waals surface area contributed by atoms with Crippen LogP contribution in [-0.2, 0) is 57.2 Å². The van der Waals surface area contributed by atoms with Gasteiger partial charge in [-0.1, -0.05) is 84.9 Å². The second-order valence-electron chi connectivity index (χ2n) is 14.5. The molecule has 2 heterocycles. The molecule has 0 spiro atoms. The van der Waals surface area contributed by atoms with E-state index >= 15 is 0 Å². The Morgan fingerprint density at radius 2 is 1.44 bits per heavy atom. The number of anilines is 1. The fraction of sp³-hybridized carbons (Fsp3) is 0.310. The SMILES string of the molecule is CC(C)(C)OC(=O)C[C@H](NC(=O)[C@@H]1Cc2cccc3c2N1C(=O)[C@@H](NC(=O)OCc1ccccc1)CC3)C(=O)COP(=O)(c1ccccc1)c1ccccc1. The number of nitrogens with one attached hydrogen (secondary N) is 2. The number of amides is 3. The third-order valence-corrected chi connectivity index (χ3v) is 11.7. The fourth-order valence-electron chi connectivity index (χ4n) is 6.75. The van der Waals surface area contributed by atoms with E-state index in [0.29, 0.717) is 22.7 Å². The molecule has 286 valence electrons. The maximum atomic E-state index is 14.5. The van der Waals surface area contributed by atoms with E-state index in [1.165, 1.54) is 4.90 Å². The summed E-state index contributed by atoms with van der Waals surface area (Å²) in [7, 11) is -3.79. The van der Waals surface area contributed by atoms with Crippen LogP contribution in [0.2, 0.25) is 0 Å². The molecule has 3 atom stereocenters. The first-order chi connectivity index (χ1) is 26.3. The van der Waals surface area contributed by atoms with Crippen LogP contribution in [-0.4, -0.2) is 60.0 Å². The number of para-hydroxylation sites is 1. The van der Waals surface area contributed by atoms with Crippen molar-refractivity contribution in [2.24, 2.45) is 0 Å². The minimum Gasteiger partial charge on any atom is -0.460 e. The number of benzene rings is 4. The first-order valence-electron chi connectivity index (χ1n) is 18.1. The van der Waals surface area contributed by atoms with Crippen molar-refractivity contribution in [3.05, 3.63) is 126 Å². The minimum absolute atomic E-state index is 0.00956. The van der Waals surface area contributed by atoms with Gasteiger partial charge in [-0.2, -0.15) is 0 Å². The maximum Gasteiger partial charge on any atom is 0.408 e. The molecule has 2 aliphatic rings. The highest BCUT2D eigenvalue weighted by Gasteiger charge is 2.45. The summed E-state index contributed by atoms with van der Waals surface area (Å²) in [5, 5.41) is 6.12. The van der Waals surface area contributed by atoms with Crippen LogP contribution in [0.15, 0.2) is 109 Å². The zero-order chi connectivity index (χ0) is 39.2. The minimum atomic E-state index is -3.79. The Balaban J connectivity index is 1.22. The van der Waals surface area contributed by atoms with Gasteiger partial charge in [0.2, 0.25) is 11.8 Å². The number of rotatable bonds is 13. The van der Waals surface area contributed by atoms with E-state index in [4.69, 9.17) is 14.0 Å². The zero-order valence-electron chi connectivity index (χ0n) is 30.9. The second-order valence-corrected chi connectivity index (χ2v) is 16.9. The van der Waals surface area contributed by atoms with Crippen LogP contribution < -0.4 is 26.1 Å². The molecule has 0 bridgehead atoms. The van der Waals surface area contributed by atoms with Crippen LogP contribution in [0.5, 0.6) is 0 Å². The van der Waals surface area contributed by atoms with E-state index in [0.717, 1.165) is 16.7 Å². The summed E-state index contributed by atoms with van der Waals surface area (Å²) in [6.45, 7) is 4.35. The van der Waals surface area contributed by atoms with Crippen LogP contribution in [0.4, 0.5) is 10.5 Å². The lowest BCUT2D eigenvalue weighted by Crippen LogP contribution is -2.57. The Morgan fingerprint density at radius 3 is 2.05 bits per heavy atom. The lowest BCUT2D eigenvalue weighted by Gasteiger charge is -2.29. The van der Waals surface area contributed by atoms with Gasteiger partial charge in [-0.15, -0.1) is 0 Å². The lowest BCUT2D eigenvalue weighted by molar-refractivity contribution is -0.156. The van der Waals surface area contributed by atoms with E-state index in [-0.39, 0.29) is 19.4 Å². The smallest absolute Gasteiger partial charge is 0.408 e. The lowest BCUT2D eigenvalue weighted by atomic mass is 10.0. The van der Waals surface area contributed by atoms with Crippen LogP contribution in [0.3, 0.4) is 0 Å². The predicted molar refractivity (Wildman–Crippen MR) is 206 cm³/mol. The molecule has 55 heavy (non-hydrogen) atoms. The maximum absolute atomic E-state index is 14.5. The van der Waals surface area contributed by atoms with Crippen LogP contribution in [0.1, 0.15) is 50.3 Å². The third-order valence-electron chi connectivity index (χ3n) is 9.29. The number of carbonyl (C=O) groups is 5. The Kier molecular flexibility index (Phi) is 12.0. The van der Waals surface area contributed by atoms with Gasteiger partial charge in [0.05, 0.1) is 12.1 Å². The van der Waals surface area contributed by atoms with Crippen molar-refractivity contribution in [1.82, 2.24) is 10.6 Å². The molecule has 0 aliphatic carbocycles. The third kappa shape index (κ3) is 9.39. The molecule has 6 rings (SSSR count). The summed E-state index contributed by atoms with van der Waals surface area (Å²) in [4.78, 5) is 69.8. The molecule has 0 aromatic heterocycles. The number of ether oxygens (including phenoxy) is 2. The van der Waals surface area contributed by atoms with Gasteiger partial charge >= 0.3 is 12.1 Å². The summed E-state index contributed by atoms with van der Waals surface area (Å²) in [5.74, 6) is -2.67. The average molecular weight is 766 g/mol. The predicted octanol–water partition coefficient (Wildman–Crippen LogP) is 4.92. The highest BCUT2D eigenvalue weighted by Crippen LogP contribution is 2.44. The largest absolute Gasteiger partial charge is 0.460 e. The summed E-state index contributed by atoms with van der Waals surface area (Å²) in [6.07, 6.45) is -0.473. The highest BCUT2D eigenvalue weighted by molar-refractivity contribution is 7.74. The number of carbonyl (C=O) groups excluding carboxylic acids is 5. The van der Waals surface area contributed by atoms with Crippen molar-refractivity contribution in [2.75, 3.05) is 11.5 Å². The molecular formula is C42H44N3O9P. The summed E-state index contributed by atoms with van der Waals surface area (Å²) in [6, 6.07) is 28.1. The van der Waals surface area contributed by atoms with Crippen molar-refractivity contribution in [3.63, 3.8) is 0 Å². The molecular weight excluding hydrogens is 721 g/mol. The fourth-order valence-corrected chi connectivity index (χ4v) is 8.78. The van der Waals surface area contributed by atoms with E-state index in [1.807, 2.05) is 48.5 Å². The summed E-state index contributed by atoms with van der Waals surface area (Å²) >= 11 is 0. The molecule has 4 aromatic rings. The van der Waals surface area contributed by atoms with Gasteiger partial charge in [0.1, 0.15) is 36.9 Å². The summed E-state index contributed by atoms with van der Waals surface area (Å²) < 4.78 is 31.4. The van der Waals surface area contributed by atoms with Crippen molar-refractivity contribution in [1.29, 1.82) is 0 Å². The van der Waals surface area contributed by atoms with Crippen LogP contribution in [0, 0.1) is 0 Å². The first-order valence-corrected chi connectivity index (χ1v) is 19.8. The topological polar surface area (TPSA) is 157 Å². The molecule has 2 N–H and O–H groups in total. The molecule has 0 radical (unpaired) electrons. The van der Waals surface area contributed by atoms with Gasteiger partial charge in [-0.3, -0.25) is 28.6 Å². The quantitative estimate of drug-likeness (QED) is 0.143. The van der Waals surface area contributed by atoms with Gasteiger partial charge in [0, 0.05) is 17.0 Å². The number of nitrogens with zero attached hydrogens (tertiary/aromatic N) is 1. The van der Waals surface area contributed by atoms with Crippen molar-refractivity contribution < 1.29 is 42.5 Å². The molecule has 0 saturated carbocycles. The van der Waals surface area contributed by atoms with E-state index < -0.39 is 73.8 Å². The Hall–Kier alpha value is -5.58. The van der Waals surface area contributed by atoms with Crippen LogP contribution in [0.25, 0.3) is 0 Å². The number of ketones is 1. The van der Waals surface area contributed by atoms with Gasteiger partial charge in [-0.05, 0) is 74.6 Å². The Bertz CT molecular complexity index is 2040. The van der Waals surface area contributed by atoms with Gasteiger partial charge < -0.3 is 24.6 Å². The van der Waals surface area contributed by atoms with Crippen LogP contribution >= 0.6 is 7.37 Å². The monoisotopic (exact) mass is 765 g/mol. The average Bonchev–Trinajstić information content (AvgIpc) is 3.52. The number of aryl methyl sites for hydroxylation is 1. The van der Waals surface area contributed by atoms with Crippen molar-refractivity contribution >= 4 is 53.3 Å². The second kappa shape index (κ2) is 16.8. The number of hydrogen-bond acceptors (Lipinski definition) is 9. The normalized spacial score (nSPS) is 17.0. The number of hydrogen-bond donors (Lipinski definition) is 2. The molecule has 0 fully saturated rings. The highest BCUT2D eigenvalue weighted by atomic mass is 31.2. The molecule has 4 aromatic carbocycles. The molecule has 2 aliphatic heterocycles. The van der Waals surface area contributed by atoms with Crippen molar-refractivity contribution in [3.8, 4) is 0 Å². The number of esters is 1. The molecule has 0 unspecified atom stereocenters. The van der Waals surface area contributed by atoms with E-state index in [9.17, 15) is 28.5 Å². The first kappa shape index (κ1) is 39.1. The standard InChI is InChI=1S/C42H44N3O9P/c1-42(2,3)54-37(47)25-34(36(46)27-53-55(51,31-18-9-5-10-19-31)32-20-11-6-12-21-32)43-39(48)35-24-30-17-13-16-29-22-23-33(40(49)45(35)38(29)30)44-41(50)52-26-28-14-7-4-8-15-28/h4-21,33-35H,22-27H2,1-3H3,(H,43,48)(H,44,50)/t33-,34-,35-/m0/s1. The van der Waals surface area contributed by atoms with E-state index in [2.05, 4.69) is 10.6 Å². The van der Waals surface area contributed by atoms with E-state index in [1.54, 1.807) is 81.4 Å². The Labute approximate surface area is 320 Å². The molecule has 3 amide bonds. The van der Waals surface area contributed by atoms with Crippen molar-refractivity contribution in [2.45, 2.75) is 76.8 Å².